The van der Waals surface area contributed by atoms with Crippen molar-refractivity contribution in [2.45, 2.75) is 53.1 Å². The number of amides is 4. The molecule has 1 aromatic carbocycles. The van der Waals surface area contributed by atoms with E-state index in [0.29, 0.717) is 0 Å². The highest BCUT2D eigenvalue weighted by atomic mass is 35.6. The van der Waals surface area contributed by atoms with Gasteiger partial charge in [0.1, 0.15) is 12.6 Å². The number of rotatable bonds is 5. The molecule has 3 fully saturated rings. The van der Waals surface area contributed by atoms with Crippen LogP contribution in [-0.2, 0) is 14.3 Å². The molecule has 5 rings (SSSR count). The summed E-state index contributed by atoms with van der Waals surface area (Å²) in [6.07, 6.45) is -1.03. The first-order valence-electron chi connectivity index (χ1n) is 12.9. The molecular weight excluding hydrogens is 617 g/mol. The smallest absolute Gasteiger partial charge is 0.414 e. The second-order valence-electron chi connectivity index (χ2n) is 10.5. The van der Waals surface area contributed by atoms with Crippen molar-refractivity contribution in [3.05, 3.63) is 47.8 Å². The third-order valence-corrected chi connectivity index (χ3v) is 7.94. The SMILES string of the molecule is C=C1NC2[C@H](CN3C(=O)CCC3=O)N=C(NC(=O)OCC(Cl)(Cl)Cl)N3CC(NC(=O)c4ccc(C)cc4)C(O)(O)C23N1. The van der Waals surface area contributed by atoms with Gasteiger partial charge in [0.25, 0.3) is 5.91 Å². The molecule has 1 aromatic rings. The number of carbonyl (C=O) groups is 4. The molecule has 42 heavy (non-hydrogen) atoms. The first-order valence-corrected chi connectivity index (χ1v) is 14.0. The van der Waals surface area contributed by atoms with Crippen molar-refractivity contribution in [2.24, 2.45) is 4.99 Å². The molecule has 17 heteroatoms. The number of alkyl carbamates (subject to hydrolysis) is 1. The zero-order valence-electron chi connectivity index (χ0n) is 22.2. The van der Waals surface area contributed by atoms with Crippen LogP contribution in [0.2, 0.25) is 0 Å². The molecule has 226 valence electrons. The lowest BCUT2D eigenvalue weighted by molar-refractivity contribution is -0.231. The van der Waals surface area contributed by atoms with Gasteiger partial charge in [0.15, 0.2) is 5.66 Å². The van der Waals surface area contributed by atoms with E-state index in [0.717, 1.165) is 10.5 Å². The number of aryl methyl sites for hydroxylation is 1. The summed E-state index contributed by atoms with van der Waals surface area (Å²) in [4.78, 5) is 57.7. The minimum Gasteiger partial charge on any atom is -0.445 e. The van der Waals surface area contributed by atoms with E-state index in [2.05, 4.69) is 32.8 Å². The van der Waals surface area contributed by atoms with Crippen LogP contribution in [-0.4, -0.2) is 103 Å². The number of hydrogen-bond acceptors (Lipinski definition) is 11. The van der Waals surface area contributed by atoms with Crippen molar-refractivity contribution >= 4 is 64.6 Å². The van der Waals surface area contributed by atoms with E-state index in [4.69, 9.17) is 39.5 Å². The van der Waals surface area contributed by atoms with E-state index < -0.39 is 63.8 Å². The Labute approximate surface area is 255 Å². The van der Waals surface area contributed by atoms with Gasteiger partial charge in [0, 0.05) is 24.9 Å². The van der Waals surface area contributed by atoms with Gasteiger partial charge in [-0.25, -0.2) is 9.79 Å². The molecule has 3 unspecified atom stereocenters. The molecule has 4 aliphatic heterocycles. The number of benzene rings is 1. The Morgan fingerprint density at radius 3 is 2.45 bits per heavy atom. The number of aliphatic imine (C=N–C) groups is 1. The number of halogens is 3. The molecule has 4 amide bonds. The summed E-state index contributed by atoms with van der Waals surface area (Å²) in [5.41, 5.74) is -0.687. The van der Waals surface area contributed by atoms with Gasteiger partial charge < -0.3 is 35.8 Å². The molecule has 6 N–H and O–H groups in total. The van der Waals surface area contributed by atoms with Crippen LogP contribution in [0.5, 0.6) is 0 Å². The number of nitrogens with zero attached hydrogens (tertiary/aromatic N) is 3. The van der Waals surface area contributed by atoms with Gasteiger partial charge in [-0.15, -0.1) is 0 Å². The van der Waals surface area contributed by atoms with Gasteiger partial charge in [0.2, 0.25) is 27.4 Å². The predicted octanol–water partition coefficient (Wildman–Crippen LogP) is -0.198. The van der Waals surface area contributed by atoms with E-state index in [1.807, 2.05) is 6.92 Å². The third kappa shape index (κ3) is 5.33. The molecular formula is C25H28Cl3N7O7. The number of hydrogen-bond donors (Lipinski definition) is 6. The fraction of sp³-hybridized carbons (Fsp3) is 0.480. The third-order valence-electron chi connectivity index (χ3n) is 7.61. The Kier molecular flexibility index (Phi) is 7.73. The fourth-order valence-corrected chi connectivity index (χ4v) is 5.83. The van der Waals surface area contributed by atoms with Gasteiger partial charge in [-0.2, -0.15) is 0 Å². The van der Waals surface area contributed by atoms with Crippen molar-refractivity contribution in [2.75, 3.05) is 19.7 Å². The summed E-state index contributed by atoms with van der Waals surface area (Å²) in [7, 11) is 0. The zero-order chi connectivity index (χ0) is 30.6. The number of guanidine groups is 1. The molecule has 4 heterocycles. The minimum atomic E-state index is -2.73. The Bertz CT molecular complexity index is 1350. The largest absolute Gasteiger partial charge is 0.445 e. The number of likely N-dealkylation sites (tertiary alicyclic amines) is 1. The van der Waals surface area contributed by atoms with Crippen LogP contribution in [0.25, 0.3) is 0 Å². The maximum Gasteiger partial charge on any atom is 0.414 e. The lowest BCUT2D eigenvalue weighted by atomic mass is 9.85. The predicted molar refractivity (Wildman–Crippen MR) is 150 cm³/mol. The van der Waals surface area contributed by atoms with Gasteiger partial charge >= 0.3 is 6.09 Å². The lowest BCUT2D eigenvalue weighted by Gasteiger charge is -2.49. The van der Waals surface area contributed by atoms with Gasteiger partial charge in [0.05, 0.1) is 24.4 Å². The molecule has 0 bridgehead atoms. The van der Waals surface area contributed by atoms with Gasteiger partial charge in [-0.3, -0.25) is 24.6 Å². The number of imide groups is 1. The molecule has 4 aliphatic rings. The van der Waals surface area contributed by atoms with Crippen LogP contribution in [0.15, 0.2) is 41.7 Å². The van der Waals surface area contributed by atoms with E-state index in [-0.39, 0.29) is 43.3 Å². The Morgan fingerprint density at radius 2 is 1.83 bits per heavy atom. The summed E-state index contributed by atoms with van der Waals surface area (Å²) in [5.74, 6) is -4.19. The van der Waals surface area contributed by atoms with E-state index in [1.165, 1.54) is 4.90 Å². The number of nitrogens with one attached hydrogen (secondary N) is 4. The fourth-order valence-electron chi connectivity index (χ4n) is 5.67. The highest BCUT2D eigenvalue weighted by molar-refractivity contribution is 6.67. The second-order valence-corrected chi connectivity index (χ2v) is 13.0. The molecule has 0 aliphatic carbocycles. The quantitative estimate of drug-likeness (QED) is 0.143. The number of carbonyl (C=O) groups excluding carboxylic acids is 4. The first-order chi connectivity index (χ1) is 19.6. The van der Waals surface area contributed by atoms with Crippen molar-refractivity contribution in [1.82, 2.24) is 31.1 Å². The lowest BCUT2D eigenvalue weighted by Crippen LogP contribution is -2.78. The van der Waals surface area contributed by atoms with Gasteiger partial charge in [-0.1, -0.05) is 59.1 Å². The molecule has 4 atom stereocenters. The molecule has 0 saturated carbocycles. The Hall–Kier alpha value is -3.30. The monoisotopic (exact) mass is 643 g/mol. The van der Waals surface area contributed by atoms with Crippen LogP contribution in [0, 0.1) is 6.92 Å². The summed E-state index contributed by atoms with van der Waals surface area (Å²) in [6.45, 7) is 4.61. The highest BCUT2D eigenvalue weighted by Gasteiger charge is 2.74. The highest BCUT2D eigenvalue weighted by Crippen LogP contribution is 2.45. The van der Waals surface area contributed by atoms with Gasteiger partial charge in [-0.05, 0) is 19.1 Å². The summed E-state index contributed by atoms with van der Waals surface area (Å²) >= 11 is 17.1. The number of aliphatic hydroxyl groups is 2. The Morgan fingerprint density at radius 1 is 1.19 bits per heavy atom. The molecule has 3 saturated heterocycles. The van der Waals surface area contributed by atoms with Crippen molar-refractivity contribution < 1.29 is 34.1 Å². The number of ether oxygens (including phenoxy) is 1. The number of alkyl halides is 3. The molecule has 0 radical (unpaired) electrons. The average molecular weight is 645 g/mol. The van der Waals surface area contributed by atoms with E-state index >= 15 is 0 Å². The topological polar surface area (TPSA) is 185 Å². The Balaban J connectivity index is 1.51. The maximum atomic E-state index is 13.1. The normalized spacial score (nSPS) is 28.0. The summed E-state index contributed by atoms with van der Waals surface area (Å²) in [6, 6.07) is 3.29. The van der Waals surface area contributed by atoms with Crippen molar-refractivity contribution in [1.29, 1.82) is 0 Å². The van der Waals surface area contributed by atoms with Crippen LogP contribution >= 0.6 is 34.8 Å². The van der Waals surface area contributed by atoms with Crippen LogP contribution in [0.3, 0.4) is 0 Å². The maximum absolute atomic E-state index is 13.1. The summed E-state index contributed by atoms with van der Waals surface area (Å²) in [5, 5.41) is 34.6. The van der Waals surface area contributed by atoms with Crippen LogP contribution in [0.1, 0.15) is 28.8 Å². The molecule has 14 nitrogen and oxygen atoms in total. The minimum absolute atomic E-state index is 0.0289. The van der Waals surface area contributed by atoms with Crippen molar-refractivity contribution in [3.63, 3.8) is 0 Å². The second kappa shape index (κ2) is 10.8. The van der Waals surface area contributed by atoms with Crippen LogP contribution in [0.4, 0.5) is 4.79 Å². The van der Waals surface area contributed by atoms with E-state index in [1.54, 1.807) is 24.3 Å². The standard InChI is InChI=1S/C25H28Cl3N7O7/c1-12-3-5-14(6-4-12)20(38)31-16-10-35-21(32-22(39)42-11-23(26,27)28)30-15(9-34-17(36)7-8-18(34)37)19-24(35,25(16,40)41)33-13(2)29-19/h3-6,15-16,19,29,33,40-41H,2,7-11H2,1H3,(H,31,38)(H,30,32,39)/t15-,16?,19?,24?/m0/s1. The van der Waals surface area contributed by atoms with E-state index in [9.17, 15) is 29.4 Å². The molecule has 1 spiro atoms. The summed E-state index contributed by atoms with van der Waals surface area (Å²) < 4.78 is 3.07. The van der Waals surface area contributed by atoms with Crippen LogP contribution < -0.4 is 21.3 Å². The zero-order valence-corrected chi connectivity index (χ0v) is 24.5. The first kappa shape index (κ1) is 30.2. The average Bonchev–Trinajstić information content (AvgIpc) is 3.50. The van der Waals surface area contributed by atoms with Crippen molar-refractivity contribution in [3.8, 4) is 0 Å². The molecule has 0 aromatic heterocycles.